The number of nitrogens with one attached hydrogen (secondary N) is 1. The van der Waals surface area contributed by atoms with Gasteiger partial charge in [0.1, 0.15) is 0 Å². The Morgan fingerprint density at radius 3 is 2.21 bits per heavy atom. The first kappa shape index (κ1) is 13.8. The van der Waals surface area contributed by atoms with Crippen molar-refractivity contribution in [2.75, 3.05) is 0 Å². The van der Waals surface area contributed by atoms with Crippen LogP contribution in [-0.2, 0) is 10.0 Å². The topological polar surface area (TPSA) is 72.2 Å². The summed E-state index contributed by atoms with van der Waals surface area (Å²) in [6.07, 6.45) is 0.380. The average Bonchev–Trinajstić information content (AvgIpc) is 1.79. The van der Waals surface area contributed by atoms with E-state index in [1.165, 1.54) is 0 Å². The van der Waals surface area contributed by atoms with Gasteiger partial charge < -0.3 is 5.73 Å². The van der Waals surface area contributed by atoms with Gasteiger partial charge in [-0.15, -0.1) is 0 Å². The molecule has 6 heteroatoms. The van der Waals surface area contributed by atoms with E-state index in [9.17, 15) is 8.42 Å². The lowest BCUT2D eigenvalue weighted by atomic mass is 10.2. The van der Waals surface area contributed by atoms with Crippen molar-refractivity contribution in [2.24, 2.45) is 5.73 Å². The van der Waals surface area contributed by atoms with Gasteiger partial charge in [0.25, 0.3) is 0 Å². The molecule has 1 unspecified atom stereocenters. The minimum absolute atomic E-state index is 0.253. The summed E-state index contributed by atoms with van der Waals surface area (Å²) in [6.45, 7) is 6.66. The van der Waals surface area contributed by atoms with E-state index in [4.69, 9.17) is 18.0 Å². The maximum Gasteiger partial charge on any atom is 0.216 e. The van der Waals surface area contributed by atoms with Gasteiger partial charge in [-0.3, -0.25) is 0 Å². The summed E-state index contributed by atoms with van der Waals surface area (Å²) in [7, 11) is -3.31. The predicted octanol–water partition coefficient (Wildman–Crippen LogP) is 0.769. The Kier molecular flexibility index (Phi) is 4.48. The normalized spacial score (nSPS) is 15.1. The van der Waals surface area contributed by atoms with Crippen LogP contribution in [0.25, 0.3) is 0 Å². The lowest BCUT2D eigenvalue weighted by Gasteiger charge is -2.22. The molecular weight excluding hydrogens is 220 g/mol. The van der Waals surface area contributed by atoms with Crippen LogP contribution in [0.3, 0.4) is 0 Å². The summed E-state index contributed by atoms with van der Waals surface area (Å²) in [5.41, 5.74) is 5.32. The molecule has 0 aromatic heterocycles. The molecule has 0 saturated heterocycles. The van der Waals surface area contributed by atoms with E-state index in [0.29, 0.717) is 11.4 Å². The zero-order valence-corrected chi connectivity index (χ0v) is 10.6. The summed E-state index contributed by atoms with van der Waals surface area (Å²) < 4.78 is 25.0. The minimum Gasteiger partial charge on any atom is -0.393 e. The highest BCUT2D eigenvalue weighted by Crippen LogP contribution is 2.14. The lowest BCUT2D eigenvalue weighted by Crippen LogP contribution is -2.44. The van der Waals surface area contributed by atoms with Crippen LogP contribution in [0.1, 0.15) is 34.1 Å². The summed E-state index contributed by atoms with van der Waals surface area (Å²) in [6, 6.07) is -0.253. The van der Waals surface area contributed by atoms with Gasteiger partial charge in [-0.05, 0) is 27.7 Å². The summed E-state index contributed by atoms with van der Waals surface area (Å²) in [5.74, 6) is 0. The van der Waals surface area contributed by atoms with Crippen molar-refractivity contribution in [2.45, 2.75) is 44.9 Å². The minimum atomic E-state index is -3.31. The van der Waals surface area contributed by atoms with Crippen LogP contribution in [0.15, 0.2) is 0 Å². The first-order valence-electron chi connectivity index (χ1n) is 4.36. The molecule has 0 saturated carbocycles. The van der Waals surface area contributed by atoms with E-state index in [1.54, 1.807) is 27.7 Å². The van der Waals surface area contributed by atoms with E-state index < -0.39 is 14.8 Å². The molecule has 0 amide bonds. The predicted molar refractivity (Wildman–Crippen MR) is 62.7 cm³/mol. The van der Waals surface area contributed by atoms with Gasteiger partial charge in [0.05, 0.1) is 9.74 Å². The summed E-state index contributed by atoms with van der Waals surface area (Å²) >= 11 is 4.70. The molecule has 1 atom stereocenters. The fraction of sp³-hybridized carbons (Fsp3) is 0.875. The van der Waals surface area contributed by atoms with Crippen molar-refractivity contribution in [3.8, 4) is 0 Å². The summed E-state index contributed by atoms with van der Waals surface area (Å²) in [5, 5.41) is 0. The second-order valence-corrected chi connectivity index (χ2v) is 7.30. The highest BCUT2D eigenvalue weighted by atomic mass is 32.2. The van der Waals surface area contributed by atoms with E-state index in [1.807, 2.05) is 0 Å². The van der Waals surface area contributed by atoms with Crippen LogP contribution in [0.2, 0.25) is 0 Å². The molecule has 0 aromatic carbocycles. The second-order valence-electron chi connectivity index (χ2n) is 4.31. The quantitative estimate of drug-likeness (QED) is 0.710. The second kappa shape index (κ2) is 4.55. The molecule has 0 heterocycles. The number of sulfonamides is 1. The smallest absolute Gasteiger partial charge is 0.216 e. The van der Waals surface area contributed by atoms with E-state index in [2.05, 4.69) is 4.72 Å². The largest absolute Gasteiger partial charge is 0.393 e. The number of hydrogen-bond acceptors (Lipinski definition) is 3. The number of hydrogen-bond donors (Lipinski definition) is 2. The van der Waals surface area contributed by atoms with Crippen molar-refractivity contribution in [1.82, 2.24) is 4.72 Å². The Labute approximate surface area is 91.3 Å². The van der Waals surface area contributed by atoms with Crippen molar-refractivity contribution < 1.29 is 8.42 Å². The highest BCUT2D eigenvalue weighted by molar-refractivity contribution is 7.90. The standard InChI is InChI=1S/C8H18N2O2S2/c1-6(5-7(9)13)10-14(11,12)8(2,3)4/h6,10H,5H2,1-4H3,(H2,9,13). The fourth-order valence-corrected chi connectivity index (χ4v) is 2.00. The van der Waals surface area contributed by atoms with Gasteiger partial charge in [-0.1, -0.05) is 12.2 Å². The number of rotatable bonds is 4. The van der Waals surface area contributed by atoms with Crippen LogP contribution >= 0.6 is 12.2 Å². The Balaban J connectivity index is 4.46. The molecule has 0 fully saturated rings. The Morgan fingerprint density at radius 2 is 1.93 bits per heavy atom. The monoisotopic (exact) mass is 238 g/mol. The first-order valence-corrected chi connectivity index (χ1v) is 6.25. The fourth-order valence-electron chi connectivity index (χ4n) is 0.785. The molecule has 0 spiro atoms. The Hall–Kier alpha value is -0.200. The molecule has 0 aliphatic rings. The third-order valence-electron chi connectivity index (χ3n) is 1.67. The number of nitrogens with two attached hydrogens (primary N) is 1. The van der Waals surface area contributed by atoms with Crippen molar-refractivity contribution in [1.29, 1.82) is 0 Å². The molecule has 0 radical (unpaired) electrons. The maximum atomic E-state index is 11.6. The van der Waals surface area contributed by atoms with E-state index in [-0.39, 0.29) is 6.04 Å². The third-order valence-corrected chi connectivity index (χ3v) is 4.16. The number of thiocarbonyl (C=S) groups is 1. The lowest BCUT2D eigenvalue weighted by molar-refractivity contribution is 0.530. The van der Waals surface area contributed by atoms with Crippen molar-refractivity contribution in [3.05, 3.63) is 0 Å². The Morgan fingerprint density at radius 1 is 1.50 bits per heavy atom. The van der Waals surface area contributed by atoms with Crippen molar-refractivity contribution in [3.63, 3.8) is 0 Å². The molecule has 0 aliphatic heterocycles. The van der Waals surface area contributed by atoms with E-state index in [0.717, 1.165) is 0 Å². The Bertz CT molecular complexity index is 304. The van der Waals surface area contributed by atoms with Crippen LogP contribution in [0.4, 0.5) is 0 Å². The molecule has 3 N–H and O–H groups in total. The van der Waals surface area contributed by atoms with Gasteiger partial charge in [-0.2, -0.15) is 0 Å². The van der Waals surface area contributed by atoms with Gasteiger partial charge in [0, 0.05) is 12.5 Å². The maximum absolute atomic E-state index is 11.6. The zero-order chi connectivity index (χ0) is 11.6. The molecule has 0 aromatic rings. The molecular formula is C8H18N2O2S2. The van der Waals surface area contributed by atoms with Crippen LogP contribution in [-0.4, -0.2) is 24.2 Å². The molecule has 0 rings (SSSR count). The first-order chi connectivity index (χ1) is 6.06. The van der Waals surface area contributed by atoms with E-state index >= 15 is 0 Å². The van der Waals surface area contributed by atoms with Crippen LogP contribution in [0.5, 0.6) is 0 Å². The zero-order valence-electron chi connectivity index (χ0n) is 8.99. The molecule has 14 heavy (non-hydrogen) atoms. The van der Waals surface area contributed by atoms with Gasteiger partial charge >= 0.3 is 0 Å². The van der Waals surface area contributed by atoms with Gasteiger partial charge in [0.2, 0.25) is 10.0 Å². The summed E-state index contributed by atoms with van der Waals surface area (Å²) in [4.78, 5) is 0.314. The van der Waals surface area contributed by atoms with Gasteiger partial charge in [0.15, 0.2) is 0 Å². The van der Waals surface area contributed by atoms with Gasteiger partial charge in [-0.25, -0.2) is 13.1 Å². The van der Waals surface area contributed by atoms with Crippen molar-refractivity contribution >= 4 is 27.2 Å². The average molecular weight is 238 g/mol. The molecule has 84 valence electrons. The highest BCUT2D eigenvalue weighted by Gasteiger charge is 2.29. The van der Waals surface area contributed by atoms with Crippen LogP contribution < -0.4 is 10.5 Å². The molecule has 4 nitrogen and oxygen atoms in total. The molecule has 0 aliphatic carbocycles. The SMILES string of the molecule is CC(CC(N)=S)NS(=O)(=O)C(C)(C)C. The third kappa shape index (κ3) is 4.34. The van der Waals surface area contributed by atoms with Crippen LogP contribution in [0, 0.1) is 0 Å². The molecule has 0 bridgehead atoms.